The molecule has 0 aromatic rings. The summed E-state index contributed by atoms with van der Waals surface area (Å²) in [4.78, 5) is 67.9. The van der Waals surface area contributed by atoms with Gasteiger partial charge in [0.2, 0.25) is 11.8 Å². The number of rotatable bonds is 3. The molecule has 30 heavy (non-hydrogen) atoms. The number of amides is 7. The minimum atomic E-state index is -0.719. The van der Waals surface area contributed by atoms with Gasteiger partial charge in [-0.2, -0.15) is 0 Å². The van der Waals surface area contributed by atoms with Crippen LogP contribution in [0.25, 0.3) is 0 Å². The first-order valence-electron chi connectivity index (χ1n) is 10.9. The molecule has 9 heteroatoms. The first-order chi connectivity index (χ1) is 14.2. The molecule has 0 N–H and O–H groups in total. The molecule has 0 bridgehead atoms. The Morgan fingerprint density at radius 2 is 1.50 bits per heavy atom. The average molecular weight is 416 g/mol. The second-order valence-electron chi connectivity index (χ2n) is 9.99. The van der Waals surface area contributed by atoms with Gasteiger partial charge < -0.3 is 4.90 Å². The van der Waals surface area contributed by atoms with Gasteiger partial charge in [-0.05, 0) is 62.7 Å². The van der Waals surface area contributed by atoms with Gasteiger partial charge in [-0.25, -0.2) is 9.59 Å². The molecule has 5 rings (SSSR count). The maximum atomic E-state index is 12.9. The summed E-state index contributed by atoms with van der Waals surface area (Å²) >= 11 is 0. The molecule has 0 aromatic heterocycles. The highest BCUT2D eigenvalue weighted by atomic mass is 16.2. The summed E-state index contributed by atoms with van der Waals surface area (Å²) in [5.74, 6) is -0.507. The van der Waals surface area contributed by atoms with Gasteiger partial charge in [0.25, 0.3) is 5.91 Å². The number of imide groups is 3. The van der Waals surface area contributed by atoms with Crippen molar-refractivity contribution in [3.05, 3.63) is 0 Å². The number of carbonyl (C=O) groups excluding carboxylic acids is 5. The number of urea groups is 2. The minimum Gasteiger partial charge on any atom is -0.313 e. The average Bonchev–Trinajstić information content (AvgIpc) is 3.49. The molecule has 0 unspecified atom stereocenters. The van der Waals surface area contributed by atoms with E-state index in [0.29, 0.717) is 38.1 Å². The van der Waals surface area contributed by atoms with E-state index < -0.39 is 11.6 Å². The number of hydrogen-bond donors (Lipinski definition) is 0. The van der Waals surface area contributed by atoms with Crippen molar-refractivity contribution in [2.24, 2.45) is 11.3 Å². The van der Waals surface area contributed by atoms with Crippen molar-refractivity contribution in [3.8, 4) is 0 Å². The predicted molar refractivity (Wildman–Crippen MR) is 104 cm³/mol. The van der Waals surface area contributed by atoms with E-state index in [1.54, 1.807) is 11.9 Å². The van der Waals surface area contributed by atoms with Crippen molar-refractivity contribution in [1.29, 1.82) is 0 Å². The standard InChI is InChI=1S/C21H28N4O5/c1-22-17(28)21(23(2)18(22)29)11-20(12-21)7-5-14(6-8-20)25-16(27)9-15(26)24(19(25)30)10-13-3-4-13/h13-14H,3-12H2,1-2H3. The Balaban J connectivity index is 1.25. The van der Waals surface area contributed by atoms with Crippen LogP contribution in [-0.4, -0.2) is 81.6 Å². The van der Waals surface area contributed by atoms with Crippen LogP contribution in [0.2, 0.25) is 0 Å². The Hall–Kier alpha value is -2.45. The van der Waals surface area contributed by atoms with E-state index in [1.165, 1.54) is 21.7 Å². The highest BCUT2D eigenvalue weighted by Crippen LogP contribution is 2.61. The minimum absolute atomic E-state index is 0.0166. The molecule has 2 heterocycles. The largest absolute Gasteiger partial charge is 0.333 e. The van der Waals surface area contributed by atoms with Gasteiger partial charge in [0.1, 0.15) is 12.0 Å². The molecule has 2 spiro atoms. The third kappa shape index (κ3) is 2.63. The molecule has 3 aliphatic carbocycles. The second-order valence-corrected chi connectivity index (χ2v) is 9.99. The van der Waals surface area contributed by atoms with Crippen LogP contribution in [0.4, 0.5) is 9.59 Å². The van der Waals surface area contributed by atoms with Crippen LogP contribution in [0.1, 0.15) is 57.8 Å². The van der Waals surface area contributed by atoms with Gasteiger partial charge in [-0.1, -0.05) is 0 Å². The maximum absolute atomic E-state index is 12.9. The fourth-order valence-corrected chi connectivity index (χ4v) is 6.11. The fraction of sp³-hybridized carbons (Fsp3) is 0.762. The third-order valence-corrected chi connectivity index (χ3v) is 8.08. The molecule has 2 saturated heterocycles. The Morgan fingerprint density at radius 1 is 0.867 bits per heavy atom. The molecule has 9 nitrogen and oxygen atoms in total. The summed E-state index contributed by atoms with van der Waals surface area (Å²) in [5.41, 5.74) is -0.736. The number of carbonyl (C=O) groups is 5. The van der Waals surface area contributed by atoms with E-state index in [4.69, 9.17) is 0 Å². The van der Waals surface area contributed by atoms with Crippen LogP contribution >= 0.6 is 0 Å². The molecule has 2 aliphatic heterocycles. The summed E-state index contributed by atoms with van der Waals surface area (Å²) in [5, 5.41) is 0. The van der Waals surface area contributed by atoms with E-state index in [1.807, 2.05) is 0 Å². The van der Waals surface area contributed by atoms with E-state index in [-0.39, 0.29) is 41.6 Å². The van der Waals surface area contributed by atoms with Gasteiger partial charge in [0, 0.05) is 26.7 Å². The monoisotopic (exact) mass is 416 g/mol. The van der Waals surface area contributed by atoms with Crippen LogP contribution in [0.15, 0.2) is 0 Å². The lowest BCUT2D eigenvalue weighted by Crippen LogP contribution is -2.64. The van der Waals surface area contributed by atoms with Gasteiger partial charge >= 0.3 is 12.1 Å². The molecule has 3 saturated carbocycles. The van der Waals surface area contributed by atoms with Crippen LogP contribution in [-0.2, 0) is 14.4 Å². The van der Waals surface area contributed by atoms with E-state index in [0.717, 1.165) is 25.7 Å². The van der Waals surface area contributed by atoms with E-state index >= 15 is 0 Å². The zero-order chi connectivity index (χ0) is 21.4. The zero-order valence-electron chi connectivity index (χ0n) is 17.6. The summed E-state index contributed by atoms with van der Waals surface area (Å²) in [6, 6.07) is -0.899. The van der Waals surface area contributed by atoms with Crippen molar-refractivity contribution >= 4 is 29.8 Å². The van der Waals surface area contributed by atoms with Crippen LogP contribution in [0, 0.1) is 11.3 Å². The Bertz CT molecular complexity index is 849. The van der Waals surface area contributed by atoms with E-state index in [2.05, 4.69) is 0 Å². The first-order valence-corrected chi connectivity index (χ1v) is 10.9. The number of barbiturate groups is 1. The predicted octanol–water partition coefficient (Wildman–Crippen LogP) is 1.56. The van der Waals surface area contributed by atoms with Crippen LogP contribution < -0.4 is 0 Å². The third-order valence-electron chi connectivity index (χ3n) is 8.08. The smallest absolute Gasteiger partial charge is 0.313 e. The first kappa shape index (κ1) is 19.5. The molecule has 0 radical (unpaired) electrons. The zero-order valence-corrected chi connectivity index (χ0v) is 17.6. The molecule has 0 atom stereocenters. The molecule has 5 fully saturated rings. The Morgan fingerprint density at radius 3 is 2.03 bits per heavy atom. The number of nitrogens with zero attached hydrogens (tertiary/aromatic N) is 4. The topological polar surface area (TPSA) is 98.3 Å². The van der Waals surface area contributed by atoms with Crippen molar-refractivity contribution in [2.45, 2.75) is 69.4 Å². The molecule has 5 aliphatic rings. The summed E-state index contributed by atoms with van der Waals surface area (Å²) < 4.78 is 0. The SMILES string of the molecule is CN1C(=O)N(C)C2(CC3(CCC(N4C(=O)CC(=O)N(CC5CC5)C4=O)CC3)C2)C1=O. The van der Waals surface area contributed by atoms with Gasteiger partial charge in [-0.15, -0.1) is 0 Å². The Labute approximate surface area is 175 Å². The Kier molecular flexibility index (Phi) is 4.08. The molecule has 162 valence electrons. The molecular formula is C21H28N4O5. The number of likely N-dealkylation sites (N-methyl/N-ethyl adjacent to an activating group) is 2. The lowest BCUT2D eigenvalue weighted by Gasteiger charge is -2.58. The molecule has 7 amide bonds. The normalized spacial score (nSPS) is 37.1. The van der Waals surface area contributed by atoms with E-state index in [9.17, 15) is 24.0 Å². The highest BCUT2D eigenvalue weighted by Gasteiger charge is 2.67. The van der Waals surface area contributed by atoms with Gasteiger partial charge in [0.15, 0.2) is 0 Å². The summed E-state index contributed by atoms with van der Waals surface area (Å²) in [6.45, 7) is 0.427. The highest BCUT2D eigenvalue weighted by molar-refractivity contribution is 6.14. The summed E-state index contributed by atoms with van der Waals surface area (Å²) in [7, 11) is 3.22. The van der Waals surface area contributed by atoms with Crippen molar-refractivity contribution in [2.75, 3.05) is 20.6 Å². The lowest BCUT2D eigenvalue weighted by molar-refractivity contribution is -0.150. The lowest BCUT2D eigenvalue weighted by atomic mass is 9.51. The molecular weight excluding hydrogens is 388 g/mol. The second kappa shape index (κ2) is 6.28. The van der Waals surface area contributed by atoms with Gasteiger partial charge in [-0.3, -0.25) is 29.1 Å². The quantitative estimate of drug-likeness (QED) is 0.514. The summed E-state index contributed by atoms with van der Waals surface area (Å²) in [6.07, 6.45) is 6.11. The number of hydrogen-bond acceptors (Lipinski definition) is 5. The van der Waals surface area contributed by atoms with Gasteiger partial charge in [0.05, 0.1) is 0 Å². The molecule has 0 aromatic carbocycles. The van der Waals surface area contributed by atoms with Crippen molar-refractivity contribution in [1.82, 2.24) is 19.6 Å². The van der Waals surface area contributed by atoms with Crippen LogP contribution in [0.3, 0.4) is 0 Å². The maximum Gasteiger partial charge on any atom is 0.333 e. The van der Waals surface area contributed by atoms with Crippen molar-refractivity contribution in [3.63, 3.8) is 0 Å². The van der Waals surface area contributed by atoms with Crippen molar-refractivity contribution < 1.29 is 24.0 Å². The van der Waals surface area contributed by atoms with Crippen LogP contribution in [0.5, 0.6) is 0 Å². The fourth-order valence-electron chi connectivity index (χ4n) is 6.11.